The van der Waals surface area contributed by atoms with E-state index in [0.29, 0.717) is 27.4 Å². The first kappa shape index (κ1) is 20.8. The predicted molar refractivity (Wildman–Crippen MR) is 122 cm³/mol. The highest BCUT2D eigenvalue weighted by Crippen LogP contribution is 2.22. The zero-order valence-electron chi connectivity index (χ0n) is 17.3. The lowest BCUT2D eigenvalue weighted by molar-refractivity contribution is 0.414. The van der Waals surface area contributed by atoms with Gasteiger partial charge in [-0.3, -0.25) is 9.59 Å². The number of rotatable bonds is 5. The van der Waals surface area contributed by atoms with Gasteiger partial charge in [0.2, 0.25) is 4.96 Å². The Bertz CT molecular complexity index is 1620. The summed E-state index contributed by atoms with van der Waals surface area (Å²) in [6, 6.07) is 16.6. The van der Waals surface area contributed by atoms with E-state index in [0.717, 1.165) is 21.4 Å². The van der Waals surface area contributed by atoms with Crippen molar-refractivity contribution in [2.45, 2.75) is 6.42 Å². The third-order valence-corrected chi connectivity index (χ3v) is 5.97. The number of ether oxygens (including phenoxy) is 1. The maximum atomic E-state index is 13.1. The van der Waals surface area contributed by atoms with Gasteiger partial charge in [0.05, 0.1) is 7.11 Å². The van der Waals surface area contributed by atoms with Gasteiger partial charge in [-0.1, -0.05) is 23.5 Å². The second kappa shape index (κ2) is 8.44. The predicted octanol–water partition coefficient (Wildman–Crippen LogP) is 3.06. The molecule has 33 heavy (non-hydrogen) atoms. The van der Waals surface area contributed by atoms with Crippen LogP contribution in [-0.2, 0) is 6.42 Å². The van der Waals surface area contributed by atoms with Crippen molar-refractivity contribution in [2.24, 2.45) is 0 Å². The average Bonchev–Trinajstić information content (AvgIpc) is 3.40. The van der Waals surface area contributed by atoms with Gasteiger partial charge in [-0.15, -0.1) is 0 Å². The Hall–Kier alpha value is -4.11. The Balaban J connectivity index is 1.49. The van der Waals surface area contributed by atoms with Crippen LogP contribution in [0.1, 0.15) is 17.0 Å². The molecule has 7 nitrogen and oxygen atoms in total. The van der Waals surface area contributed by atoms with E-state index in [1.165, 1.54) is 12.1 Å². The summed E-state index contributed by atoms with van der Waals surface area (Å²) in [5.74, 6) is 1.36. The van der Waals surface area contributed by atoms with Crippen molar-refractivity contribution in [3.63, 3.8) is 0 Å². The molecule has 3 heterocycles. The minimum absolute atomic E-state index is 0.177. The molecule has 0 aliphatic heterocycles. The number of methoxy groups -OCH3 is 1. The molecule has 0 saturated heterocycles. The summed E-state index contributed by atoms with van der Waals surface area (Å²) in [4.78, 5) is 29.6. The van der Waals surface area contributed by atoms with Gasteiger partial charge < -0.3 is 9.15 Å². The Labute approximate surface area is 190 Å². The van der Waals surface area contributed by atoms with E-state index in [2.05, 4.69) is 10.1 Å². The number of hydrogen-bond donors (Lipinski definition) is 0. The van der Waals surface area contributed by atoms with E-state index in [4.69, 9.17) is 9.15 Å². The Morgan fingerprint density at radius 3 is 2.55 bits per heavy atom. The van der Waals surface area contributed by atoms with Gasteiger partial charge in [-0.25, -0.2) is 4.39 Å². The second-order valence-corrected chi connectivity index (χ2v) is 8.22. The summed E-state index contributed by atoms with van der Waals surface area (Å²) < 4.78 is 25.5. The maximum absolute atomic E-state index is 13.1. The standard InChI is InChI=1S/C24H16FN3O4S/c1-31-17-8-2-14(3-9-17)12-19-22(29)26-24-28(27-19)23(30)21(33-24)13-18-10-11-20(32-18)15-4-6-16(25)7-5-15/h2-11,13H,12H2,1H3/b21-13-. The minimum Gasteiger partial charge on any atom is -0.497 e. The second-order valence-electron chi connectivity index (χ2n) is 7.21. The van der Waals surface area contributed by atoms with Crippen LogP contribution in [-0.4, -0.2) is 21.7 Å². The molecule has 0 fully saturated rings. The fourth-order valence-corrected chi connectivity index (χ4v) is 4.20. The van der Waals surface area contributed by atoms with Gasteiger partial charge in [0.15, 0.2) is 0 Å². The molecule has 5 aromatic rings. The normalized spacial score (nSPS) is 11.9. The molecule has 5 rings (SSSR count). The van der Waals surface area contributed by atoms with Crippen LogP contribution in [0.3, 0.4) is 0 Å². The van der Waals surface area contributed by atoms with Crippen LogP contribution in [0.4, 0.5) is 4.39 Å². The maximum Gasteiger partial charge on any atom is 0.296 e. The van der Waals surface area contributed by atoms with Gasteiger partial charge in [0, 0.05) is 18.1 Å². The third kappa shape index (κ3) is 4.18. The molecule has 0 atom stereocenters. The number of hydrogen-bond acceptors (Lipinski definition) is 7. The Morgan fingerprint density at radius 1 is 1.06 bits per heavy atom. The van der Waals surface area contributed by atoms with Crippen LogP contribution in [0.2, 0.25) is 0 Å². The lowest BCUT2D eigenvalue weighted by atomic mass is 10.1. The summed E-state index contributed by atoms with van der Waals surface area (Å²) in [6.07, 6.45) is 1.82. The summed E-state index contributed by atoms with van der Waals surface area (Å²) in [6.45, 7) is 0. The largest absolute Gasteiger partial charge is 0.497 e. The number of nitrogens with zero attached hydrogens (tertiary/aromatic N) is 3. The van der Waals surface area contributed by atoms with Crippen molar-refractivity contribution in [2.75, 3.05) is 7.11 Å². The van der Waals surface area contributed by atoms with Gasteiger partial charge in [0.1, 0.15) is 33.3 Å². The molecule has 0 saturated carbocycles. The third-order valence-electron chi connectivity index (χ3n) is 5.01. The SMILES string of the molecule is COc1ccc(Cc2nn3c(=O)/c(=C/c4ccc(-c5ccc(F)cc5)o4)sc3nc2=O)cc1. The summed E-state index contributed by atoms with van der Waals surface area (Å²) in [7, 11) is 1.58. The number of benzene rings is 2. The van der Waals surface area contributed by atoms with Crippen LogP contribution in [0, 0.1) is 5.82 Å². The first-order valence-corrected chi connectivity index (χ1v) is 10.7. The van der Waals surface area contributed by atoms with Gasteiger partial charge >= 0.3 is 0 Å². The Morgan fingerprint density at radius 2 is 1.82 bits per heavy atom. The lowest BCUT2D eigenvalue weighted by Crippen LogP contribution is -2.28. The van der Waals surface area contributed by atoms with E-state index in [1.807, 2.05) is 12.1 Å². The molecule has 2 aromatic carbocycles. The van der Waals surface area contributed by atoms with Crippen LogP contribution < -0.4 is 20.4 Å². The zero-order valence-corrected chi connectivity index (χ0v) is 18.1. The van der Waals surface area contributed by atoms with Gasteiger partial charge in [-0.2, -0.15) is 14.6 Å². The zero-order chi connectivity index (χ0) is 22.9. The number of fused-ring (bicyclic) bond motifs is 1. The quantitative estimate of drug-likeness (QED) is 0.400. The van der Waals surface area contributed by atoms with Crippen molar-refractivity contribution in [3.8, 4) is 17.1 Å². The highest BCUT2D eigenvalue weighted by molar-refractivity contribution is 7.15. The van der Waals surface area contributed by atoms with Gasteiger partial charge in [0.25, 0.3) is 11.1 Å². The number of thiazole rings is 1. The van der Waals surface area contributed by atoms with E-state index >= 15 is 0 Å². The molecule has 0 N–H and O–H groups in total. The summed E-state index contributed by atoms with van der Waals surface area (Å²) in [5.41, 5.74) is 0.872. The highest BCUT2D eigenvalue weighted by Gasteiger charge is 2.12. The molecule has 0 aliphatic rings. The fraction of sp³-hybridized carbons (Fsp3) is 0.0833. The molecule has 0 unspecified atom stereocenters. The van der Waals surface area contributed by atoms with Crippen molar-refractivity contribution in [1.82, 2.24) is 14.6 Å². The molecule has 0 amide bonds. The van der Waals surface area contributed by atoms with Crippen LogP contribution in [0.5, 0.6) is 5.75 Å². The molecule has 0 aliphatic carbocycles. The fourth-order valence-electron chi connectivity index (χ4n) is 3.32. The van der Waals surface area contributed by atoms with Crippen molar-refractivity contribution in [1.29, 1.82) is 0 Å². The highest BCUT2D eigenvalue weighted by atomic mass is 32.1. The van der Waals surface area contributed by atoms with Crippen LogP contribution in [0.15, 0.2) is 74.7 Å². The lowest BCUT2D eigenvalue weighted by Gasteiger charge is -2.02. The van der Waals surface area contributed by atoms with E-state index in [-0.39, 0.29) is 22.9 Å². The topological polar surface area (TPSA) is 86.7 Å². The van der Waals surface area contributed by atoms with Crippen molar-refractivity contribution >= 4 is 22.4 Å². The Kier molecular flexibility index (Phi) is 5.31. The first-order valence-electron chi connectivity index (χ1n) is 9.93. The van der Waals surface area contributed by atoms with Crippen LogP contribution >= 0.6 is 11.3 Å². The van der Waals surface area contributed by atoms with Crippen molar-refractivity contribution < 1.29 is 13.5 Å². The van der Waals surface area contributed by atoms with Gasteiger partial charge in [-0.05, 0) is 54.1 Å². The molecule has 3 aromatic heterocycles. The molecule has 9 heteroatoms. The van der Waals surface area contributed by atoms with E-state index < -0.39 is 11.1 Å². The molecule has 0 spiro atoms. The first-order chi connectivity index (χ1) is 16.0. The smallest absolute Gasteiger partial charge is 0.296 e. The molecule has 164 valence electrons. The monoisotopic (exact) mass is 461 g/mol. The van der Waals surface area contributed by atoms with Crippen LogP contribution in [0.25, 0.3) is 22.4 Å². The number of furan rings is 1. The molecular formula is C24H16FN3O4S. The minimum atomic E-state index is -0.477. The van der Waals surface area contributed by atoms with Crippen molar-refractivity contribution in [3.05, 3.63) is 109 Å². The molecular weight excluding hydrogens is 445 g/mol. The number of halogens is 1. The number of aromatic nitrogens is 3. The molecule has 0 radical (unpaired) electrons. The summed E-state index contributed by atoms with van der Waals surface area (Å²) >= 11 is 1.06. The summed E-state index contributed by atoms with van der Waals surface area (Å²) in [5, 5.41) is 4.26. The molecule has 0 bridgehead atoms. The average molecular weight is 461 g/mol. The van der Waals surface area contributed by atoms with E-state index in [9.17, 15) is 14.0 Å². The van der Waals surface area contributed by atoms with E-state index in [1.54, 1.807) is 49.6 Å².